The van der Waals surface area contributed by atoms with E-state index in [9.17, 15) is 0 Å². The van der Waals surface area contributed by atoms with E-state index >= 15 is 0 Å². The SMILES string of the molecule is NC1=NCC2(CCNCC2)N1c1cccc(Br)c1. The summed E-state index contributed by atoms with van der Waals surface area (Å²) in [4.78, 5) is 6.70. The summed E-state index contributed by atoms with van der Waals surface area (Å²) in [5, 5.41) is 3.41. The van der Waals surface area contributed by atoms with Crippen LogP contribution in [0.5, 0.6) is 0 Å². The molecule has 18 heavy (non-hydrogen) atoms. The maximum atomic E-state index is 6.11. The van der Waals surface area contributed by atoms with Crippen molar-refractivity contribution in [3.8, 4) is 0 Å². The number of nitrogens with one attached hydrogen (secondary N) is 1. The Morgan fingerprint density at radius 1 is 1.33 bits per heavy atom. The van der Waals surface area contributed by atoms with Crippen LogP contribution in [0.15, 0.2) is 33.7 Å². The normalized spacial score (nSPS) is 22.3. The van der Waals surface area contributed by atoms with Crippen LogP contribution in [0.1, 0.15) is 12.8 Å². The largest absolute Gasteiger partial charge is 0.369 e. The molecular formula is C13H17BrN4. The van der Waals surface area contributed by atoms with Crippen LogP contribution in [0.2, 0.25) is 0 Å². The Balaban J connectivity index is 1.98. The number of benzene rings is 1. The average molecular weight is 309 g/mol. The van der Waals surface area contributed by atoms with Crippen LogP contribution in [-0.4, -0.2) is 31.1 Å². The molecule has 1 spiro atoms. The number of piperidine rings is 1. The molecule has 2 aliphatic rings. The van der Waals surface area contributed by atoms with Gasteiger partial charge >= 0.3 is 0 Å². The van der Waals surface area contributed by atoms with E-state index < -0.39 is 0 Å². The lowest BCUT2D eigenvalue weighted by molar-refractivity contribution is 0.332. The Kier molecular flexibility index (Phi) is 3.03. The molecule has 0 atom stereocenters. The fraction of sp³-hybridized carbons (Fsp3) is 0.462. The maximum Gasteiger partial charge on any atom is 0.196 e. The Labute approximate surface area is 115 Å². The van der Waals surface area contributed by atoms with Gasteiger partial charge in [0, 0.05) is 10.2 Å². The second-order valence-corrected chi connectivity index (χ2v) is 5.88. The molecule has 1 aromatic rings. The minimum atomic E-state index is 0.0795. The number of nitrogens with two attached hydrogens (primary N) is 1. The molecule has 0 amide bonds. The fourth-order valence-corrected chi connectivity index (χ4v) is 3.29. The van der Waals surface area contributed by atoms with Crippen molar-refractivity contribution in [3.63, 3.8) is 0 Å². The predicted octanol–water partition coefficient (Wildman–Crippen LogP) is 1.71. The van der Waals surface area contributed by atoms with Gasteiger partial charge in [-0.1, -0.05) is 22.0 Å². The number of anilines is 1. The van der Waals surface area contributed by atoms with E-state index in [1.807, 2.05) is 12.1 Å². The van der Waals surface area contributed by atoms with Gasteiger partial charge in [0.05, 0.1) is 12.1 Å². The number of guanidine groups is 1. The van der Waals surface area contributed by atoms with Gasteiger partial charge < -0.3 is 16.0 Å². The van der Waals surface area contributed by atoms with Crippen molar-refractivity contribution in [2.45, 2.75) is 18.4 Å². The number of hydrogen-bond acceptors (Lipinski definition) is 4. The molecule has 0 unspecified atom stereocenters. The Bertz CT molecular complexity index is 480. The van der Waals surface area contributed by atoms with E-state index in [1.165, 1.54) is 0 Å². The Morgan fingerprint density at radius 2 is 2.11 bits per heavy atom. The molecule has 0 aromatic heterocycles. The van der Waals surface area contributed by atoms with Crippen LogP contribution in [-0.2, 0) is 0 Å². The highest BCUT2D eigenvalue weighted by molar-refractivity contribution is 9.10. The summed E-state index contributed by atoms with van der Waals surface area (Å²) in [5.41, 5.74) is 7.32. The predicted molar refractivity (Wildman–Crippen MR) is 77.9 cm³/mol. The van der Waals surface area contributed by atoms with E-state index in [4.69, 9.17) is 5.73 Å². The minimum Gasteiger partial charge on any atom is -0.369 e. The zero-order chi connectivity index (χ0) is 12.6. The lowest BCUT2D eigenvalue weighted by atomic mass is 9.87. The lowest BCUT2D eigenvalue weighted by Gasteiger charge is -2.42. The number of halogens is 1. The molecule has 5 heteroatoms. The highest BCUT2D eigenvalue weighted by Crippen LogP contribution is 2.35. The molecule has 1 aromatic carbocycles. The third-order valence-electron chi connectivity index (χ3n) is 3.84. The summed E-state index contributed by atoms with van der Waals surface area (Å²) in [6.45, 7) is 2.88. The molecule has 96 valence electrons. The van der Waals surface area contributed by atoms with Crippen LogP contribution >= 0.6 is 15.9 Å². The van der Waals surface area contributed by atoms with Gasteiger partial charge in [-0.05, 0) is 44.1 Å². The zero-order valence-corrected chi connectivity index (χ0v) is 11.8. The summed E-state index contributed by atoms with van der Waals surface area (Å²) < 4.78 is 1.07. The topological polar surface area (TPSA) is 53.6 Å². The van der Waals surface area contributed by atoms with E-state index in [0.29, 0.717) is 5.96 Å². The van der Waals surface area contributed by atoms with Crippen LogP contribution < -0.4 is 16.0 Å². The van der Waals surface area contributed by atoms with Crippen LogP contribution in [0, 0.1) is 0 Å². The summed E-state index contributed by atoms with van der Waals surface area (Å²) >= 11 is 3.52. The third kappa shape index (κ3) is 1.91. The van der Waals surface area contributed by atoms with Gasteiger partial charge in [-0.3, -0.25) is 4.99 Å². The van der Waals surface area contributed by atoms with Crippen LogP contribution in [0.3, 0.4) is 0 Å². The quantitative estimate of drug-likeness (QED) is 0.830. The smallest absolute Gasteiger partial charge is 0.196 e. The molecule has 2 aliphatic heterocycles. The molecule has 1 fully saturated rings. The summed E-state index contributed by atoms with van der Waals surface area (Å²) in [6, 6.07) is 8.28. The first kappa shape index (κ1) is 12.0. The van der Waals surface area contributed by atoms with Crippen molar-refractivity contribution in [2.75, 3.05) is 24.5 Å². The van der Waals surface area contributed by atoms with Crippen LogP contribution in [0.4, 0.5) is 5.69 Å². The molecular weight excluding hydrogens is 292 g/mol. The molecule has 2 heterocycles. The standard InChI is InChI=1S/C13H17BrN4/c14-10-2-1-3-11(8-10)18-12(15)17-9-13(18)4-6-16-7-5-13/h1-3,8,16H,4-7,9H2,(H2,15,17). The van der Waals surface area contributed by atoms with Gasteiger partial charge in [-0.2, -0.15) is 0 Å². The fourth-order valence-electron chi connectivity index (χ4n) is 2.91. The lowest BCUT2D eigenvalue weighted by Crippen LogP contribution is -2.57. The van der Waals surface area contributed by atoms with Crippen molar-refractivity contribution in [2.24, 2.45) is 10.7 Å². The average Bonchev–Trinajstić information content (AvgIpc) is 2.67. The van der Waals surface area contributed by atoms with Crippen molar-refractivity contribution in [1.29, 1.82) is 0 Å². The van der Waals surface area contributed by atoms with Gasteiger partial charge in [0.25, 0.3) is 0 Å². The van der Waals surface area contributed by atoms with E-state index in [1.54, 1.807) is 0 Å². The second kappa shape index (κ2) is 4.55. The first-order valence-electron chi connectivity index (χ1n) is 6.28. The van der Waals surface area contributed by atoms with Gasteiger partial charge in [0.2, 0.25) is 0 Å². The van der Waals surface area contributed by atoms with Gasteiger partial charge in [0.1, 0.15) is 0 Å². The van der Waals surface area contributed by atoms with E-state index in [2.05, 4.69) is 43.3 Å². The van der Waals surface area contributed by atoms with Gasteiger partial charge in [-0.15, -0.1) is 0 Å². The highest BCUT2D eigenvalue weighted by atomic mass is 79.9. The molecule has 0 saturated carbocycles. The Hall–Kier alpha value is -1.07. The van der Waals surface area contributed by atoms with Crippen molar-refractivity contribution >= 4 is 27.6 Å². The van der Waals surface area contributed by atoms with Crippen LogP contribution in [0.25, 0.3) is 0 Å². The van der Waals surface area contributed by atoms with E-state index in [0.717, 1.165) is 42.6 Å². The van der Waals surface area contributed by atoms with Gasteiger partial charge in [0.15, 0.2) is 5.96 Å². The maximum absolute atomic E-state index is 6.11. The molecule has 0 radical (unpaired) electrons. The highest BCUT2D eigenvalue weighted by Gasteiger charge is 2.43. The summed E-state index contributed by atoms with van der Waals surface area (Å²) in [7, 11) is 0. The Morgan fingerprint density at radius 3 is 2.83 bits per heavy atom. The third-order valence-corrected chi connectivity index (χ3v) is 4.33. The zero-order valence-electron chi connectivity index (χ0n) is 10.2. The number of hydrogen-bond donors (Lipinski definition) is 2. The summed E-state index contributed by atoms with van der Waals surface area (Å²) in [5.74, 6) is 0.648. The monoisotopic (exact) mass is 308 g/mol. The van der Waals surface area contributed by atoms with Crippen molar-refractivity contribution < 1.29 is 0 Å². The molecule has 1 saturated heterocycles. The molecule has 0 aliphatic carbocycles. The van der Waals surface area contributed by atoms with Crippen molar-refractivity contribution in [3.05, 3.63) is 28.7 Å². The first-order valence-corrected chi connectivity index (χ1v) is 7.07. The first-order chi connectivity index (χ1) is 8.71. The molecule has 3 N–H and O–H groups in total. The second-order valence-electron chi connectivity index (χ2n) is 4.96. The number of rotatable bonds is 1. The molecule has 3 rings (SSSR count). The molecule has 0 bridgehead atoms. The number of aliphatic imine (C=N–C) groups is 1. The number of nitrogens with zero attached hydrogens (tertiary/aromatic N) is 2. The van der Waals surface area contributed by atoms with Gasteiger partial charge in [-0.25, -0.2) is 0 Å². The van der Waals surface area contributed by atoms with Crippen molar-refractivity contribution in [1.82, 2.24) is 5.32 Å². The summed E-state index contributed by atoms with van der Waals surface area (Å²) in [6.07, 6.45) is 2.17. The minimum absolute atomic E-state index is 0.0795. The molecule has 4 nitrogen and oxygen atoms in total. The van der Waals surface area contributed by atoms with E-state index in [-0.39, 0.29) is 5.54 Å².